The lowest BCUT2D eigenvalue weighted by atomic mass is 10.1. The summed E-state index contributed by atoms with van der Waals surface area (Å²) in [6, 6.07) is 15.0. The Balaban J connectivity index is 2.18. The minimum Gasteiger partial charge on any atom is -0.506 e. The zero-order chi connectivity index (χ0) is 16.6. The minimum absolute atomic E-state index is 0.0744. The molecule has 3 rings (SSSR count). The van der Waals surface area contributed by atoms with Gasteiger partial charge in [0.1, 0.15) is 16.3 Å². The van der Waals surface area contributed by atoms with Gasteiger partial charge in [-0.3, -0.25) is 4.79 Å². The van der Waals surface area contributed by atoms with E-state index in [4.69, 9.17) is 12.2 Å². The van der Waals surface area contributed by atoms with E-state index in [2.05, 4.69) is 4.98 Å². The maximum Gasteiger partial charge on any atom is 0.262 e. The molecule has 2 N–H and O–H groups in total. The summed E-state index contributed by atoms with van der Waals surface area (Å²) in [5.74, 6) is -0.0744. The molecule has 0 unspecified atom stereocenters. The second-order valence-corrected chi connectivity index (χ2v) is 5.76. The van der Waals surface area contributed by atoms with Gasteiger partial charge in [-0.15, -0.1) is 0 Å². The molecule has 23 heavy (non-hydrogen) atoms. The number of aromatic nitrogens is 1. The Bertz CT molecular complexity index is 948. The van der Waals surface area contributed by atoms with Crippen LogP contribution in [0.4, 0.5) is 5.69 Å². The van der Waals surface area contributed by atoms with Crippen LogP contribution in [0, 0.1) is 6.92 Å². The van der Waals surface area contributed by atoms with Crippen LogP contribution in [-0.2, 0) is 0 Å². The number of pyridine rings is 1. The molecule has 0 saturated carbocycles. The van der Waals surface area contributed by atoms with Gasteiger partial charge in [0, 0.05) is 18.1 Å². The number of nitrogens with one attached hydrogen (secondary N) is 1. The highest BCUT2D eigenvalue weighted by Gasteiger charge is 2.20. The highest BCUT2D eigenvalue weighted by atomic mass is 32.1. The fourth-order valence-electron chi connectivity index (χ4n) is 2.64. The second-order valence-electron chi connectivity index (χ2n) is 5.37. The van der Waals surface area contributed by atoms with E-state index < -0.39 is 5.56 Å². The smallest absolute Gasteiger partial charge is 0.262 e. The van der Waals surface area contributed by atoms with Crippen LogP contribution in [0.2, 0.25) is 0 Å². The SMILES string of the molecule is Cc1cccc2[nH]c(=O)c(C(=S)N(C)c3ccccc3)c(O)c12. The summed E-state index contributed by atoms with van der Waals surface area (Å²) in [5, 5.41) is 11.3. The highest BCUT2D eigenvalue weighted by Crippen LogP contribution is 2.29. The summed E-state index contributed by atoms with van der Waals surface area (Å²) in [6.07, 6.45) is 0. The predicted molar refractivity (Wildman–Crippen MR) is 97.5 cm³/mol. The predicted octanol–water partition coefficient (Wildman–Crippen LogP) is 3.35. The Morgan fingerprint density at radius 2 is 1.83 bits per heavy atom. The first-order valence-electron chi connectivity index (χ1n) is 7.18. The molecule has 2 aromatic carbocycles. The summed E-state index contributed by atoms with van der Waals surface area (Å²) >= 11 is 5.45. The van der Waals surface area contributed by atoms with Crippen molar-refractivity contribution in [2.24, 2.45) is 0 Å². The molecule has 0 bridgehead atoms. The molecule has 0 fully saturated rings. The number of hydrogen-bond acceptors (Lipinski definition) is 3. The van der Waals surface area contributed by atoms with Gasteiger partial charge in [0.05, 0.1) is 5.52 Å². The monoisotopic (exact) mass is 324 g/mol. The van der Waals surface area contributed by atoms with Crippen molar-refractivity contribution in [1.82, 2.24) is 4.98 Å². The van der Waals surface area contributed by atoms with Crippen molar-refractivity contribution in [2.75, 3.05) is 11.9 Å². The first kappa shape index (κ1) is 15.2. The molecular formula is C18H16N2O2S. The maximum atomic E-state index is 12.4. The Labute approximate surface area is 139 Å². The van der Waals surface area contributed by atoms with Gasteiger partial charge < -0.3 is 15.0 Å². The third-order valence-corrected chi connectivity index (χ3v) is 4.36. The largest absolute Gasteiger partial charge is 0.506 e. The number of benzene rings is 2. The van der Waals surface area contributed by atoms with E-state index in [0.717, 1.165) is 11.3 Å². The Hall–Kier alpha value is -2.66. The van der Waals surface area contributed by atoms with Gasteiger partial charge in [-0.1, -0.05) is 42.5 Å². The first-order chi connectivity index (χ1) is 11.0. The van der Waals surface area contributed by atoms with Crippen molar-refractivity contribution in [3.05, 3.63) is 70.0 Å². The van der Waals surface area contributed by atoms with Crippen molar-refractivity contribution in [2.45, 2.75) is 6.92 Å². The number of rotatable bonds is 2. The van der Waals surface area contributed by atoms with Crippen molar-refractivity contribution in [3.8, 4) is 5.75 Å². The lowest BCUT2D eigenvalue weighted by molar-refractivity contribution is 0.479. The number of fused-ring (bicyclic) bond motifs is 1. The Morgan fingerprint density at radius 3 is 2.52 bits per heavy atom. The average molecular weight is 324 g/mol. The Kier molecular flexibility index (Phi) is 3.88. The molecule has 0 aliphatic heterocycles. The molecule has 0 aliphatic rings. The number of aryl methyl sites for hydroxylation is 1. The highest BCUT2D eigenvalue weighted by molar-refractivity contribution is 7.81. The molecule has 0 radical (unpaired) electrons. The molecule has 1 aromatic heterocycles. The molecule has 0 atom stereocenters. The lowest BCUT2D eigenvalue weighted by Crippen LogP contribution is -2.30. The topological polar surface area (TPSA) is 56.3 Å². The minimum atomic E-state index is -0.395. The van der Waals surface area contributed by atoms with Crippen LogP contribution in [0.3, 0.4) is 0 Å². The van der Waals surface area contributed by atoms with Crippen molar-refractivity contribution in [3.63, 3.8) is 0 Å². The van der Waals surface area contributed by atoms with E-state index in [9.17, 15) is 9.90 Å². The van der Waals surface area contributed by atoms with Gasteiger partial charge in [0.15, 0.2) is 0 Å². The molecule has 3 aromatic rings. The quantitative estimate of drug-likeness (QED) is 0.710. The van der Waals surface area contributed by atoms with E-state index in [1.165, 1.54) is 0 Å². The number of anilines is 1. The number of para-hydroxylation sites is 1. The van der Waals surface area contributed by atoms with E-state index in [0.29, 0.717) is 10.9 Å². The number of hydrogen-bond donors (Lipinski definition) is 2. The molecule has 116 valence electrons. The summed E-state index contributed by atoms with van der Waals surface area (Å²) in [4.78, 5) is 17.2. The normalized spacial score (nSPS) is 10.7. The van der Waals surface area contributed by atoms with Crippen LogP contribution in [0.1, 0.15) is 11.1 Å². The molecule has 1 heterocycles. The molecule has 0 amide bonds. The van der Waals surface area contributed by atoms with Crippen LogP contribution in [0.15, 0.2) is 53.3 Å². The summed E-state index contributed by atoms with van der Waals surface area (Å²) < 4.78 is 0. The molecule has 0 spiro atoms. The van der Waals surface area contributed by atoms with E-state index >= 15 is 0 Å². The van der Waals surface area contributed by atoms with Crippen LogP contribution in [0.5, 0.6) is 5.75 Å². The van der Waals surface area contributed by atoms with Crippen LogP contribution < -0.4 is 10.5 Å². The lowest BCUT2D eigenvalue weighted by Gasteiger charge is -2.21. The fourth-order valence-corrected chi connectivity index (χ4v) is 2.93. The summed E-state index contributed by atoms with van der Waals surface area (Å²) in [6.45, 7) is 1.88. The second kappa shape index (κ2) is 5.85. The van der Waals surface area contributed by atoms with Crippen LogP contribution >= 0.6 is 12.2 Å². The number of aromatic amines is 1. The van der Waals surface area contributed by atoms with Gasteiger partial charge in [0.25, 0.3) is 5.56 Å². The van der Waals surface area contributed by atoms with Crippen LogP contribution in [-0.4, -0.2) is 22.1 Å². The first-order valence-corrected chi connectivity index (χ1v) is 7.59. The van der Waals surface area contributed by atoms with Crippen molar-refractivity contribution >= 4 is 33.8 Å². The fraction of sp³-hybridized carbons (Fsp3) is 0.111. The zero-order valence-corrected chi connectivity index (χ0v) is 13.6. The number of nitrogens with zero attached hydrogens (tertiary/aromatic N) is 1. The number of thiocarbonyl (C=S) groups is 1. The van der Waals surface area contributed by atoms with Gasteiger partial charge in [-0.05, 0) is 30.7 Å². The van der Waals surface area contributed by atoms with Gasteiger partial charge in [0.2, 0.25) is 0 Å². The van der Waals surface area contributed by atoms with Gasteiger partial charge >= 0.3 is 0 Å². The van der Waals surface area contributed by atoms with Gasteiger partial charge in [-0.25, -0.2) is 0 Å². The Morgan fingerprint density at radius 1 is 1.13 bits per heavy atom. The third-order valence-electron chi connectivity index (χ3n) is 3.88. The zero-order valence-electron chi connectivity index (χ0n) is 12.8. The molecule has 4 nitrogen and oxygen atoms in total. The number of aromatic hydroxyl groups is 1. The average Bonchev–Trinajstić information content (AvgIpc) is 2.54. The standard InChI is InChI=1S/C18H16N2O2S/c1-11-7-6-10-13-14(11)16(21)15(17(22)19-13)18(23)20(2)12-8-4-3-5-9-12/h3-10H,1-2H3,(H2,19,21,22). The molecule has 0 saturated heterocycles. The third kappa shape index (κ3) is 2.59. The van der Waals surface area contributed by atoms with Crippen LogP contribution in [0.25, 0.3) is 10.9 Å². The number of H-pyrrole nitrogens is 1. The molecular weight excluding hydrogens is 308 g/mol. The summed E-state index contributed by atoms with van der Waals surface area (Å²) in [5.41, 5.74) is 2.05. The maximum absolute atomic E-state index is 12.4. The van der Waals surface area contributed by atoms with Crippen molar-refractivity contribution in [1.29, 1.82) is 0 Å². The molecule has 5 heteroatoms. The molecule has 0 aliphatic carbocycles. The summed E-state index contributed by atoms with van der Waals surface area (Å²) in [7, 11) is 1.78. The van der Waals surface area contributed by atoms with E-state index in [1.54, 1.807) is 18.0 Å². The van der Waals surface area contributed by atoms with E-state index in [1.807, 2.05) is 49.4 Å². The van der Waals surface area contributed by atoms with E-state index in [-0.39, 0.29) is 16.3 Å². The van der Waals surface area contributed by atoms with Gasteiger partial charge in [-0.2, -0.15) is 0 Å². The van der Waals surface area contributed by atoms with Crippen molar-refractivity contribution < 1.29 is 5.11 Å².